The first-order valence-corrected chi connectivity index (χ1v) is 12.5. The van der Waals surface area contributed by atoms with Gasteiger partial charge in [-0.2, -0.15) is 0 Å². The fraction of sp³-hybridized carbons (Fsp3) is 0.286. The van der Waals surface area contributed by atoms with E-state index in [4.69, 9.17) is 4.74 Å². The molecule has 3 rings (SSSR count). The molecule has 3 aromatic rings. The topological polar surface area (TPSA) is 67.4 Å². The van der Waals surface area contributed by atoms with E-state index in [0.717, 1.165) is 29.3 Å². The van der Waals surface area contributed by atoms with Gasteiger partial charge in [0.2, 0.25) is 0 Å². The molecule has 0 saturated carbocycles. The third-order valence-corrected chi connectivity index (χ3v) is 6.03. The van der Waals surface area contributed by atoms with Crippen molar-refractivity contribution in [1.29, 1.82) is 0 Å². The van der Waals surface area contributed by atoms with Crippen LogP contribution in [0.3, 0.4) is 0 Å². The molecular weight excluding hydrogens is 492 g/mol. The van der Waals surface area contributed by atoms with E-state index in [-0.39, 0.29) is 11.8 Å². The van der Waals surface area contributed by atoms with Crippen LogP contribution in [0.4, 0.5) is 5.69 Å². The number of anilines is 1. The second-order valence-corrected chi connectivity index (χ2v) is 8.90. The van der Waals surface area contributed by atoms with E-state index in [1.165, 1.54) is 12.8 Å². The molecule has 0 spiro atoms. The third kappa shape index (κ3) is 7.73. The minimum Gasteiger partial charge on any atom is -0.492 e. The minimum absolute atomic E-state index is 0.222. The molecule has 0 radical (unpaired) electrons. The lowest BCUT2D eigenvalue weighted by Crippen LogP contribution is -2.27. The van der Waals surface area contributed by atoms with Crippen LogP contribution in [0.1, 0.15) is 58.9 Å². The van der Waals surface area contributed by atoms with Gasteiger partial charge in [-0.05, 0) is 64.7 Å². The summed E-state index contributed by atoms with van der Waals surface area (Å²) in [6, 6.07) is 22.2. The molecule has 6 heteroatoms. The summed E-state index contributed by atoms with van der Waals surface area (Å²) in [6.07, 6.45) is 5.28. The normalized spacial score (nSPS) is 10.5. The first kappa shape index (κ1) is 25.5. The zero-order chi connectivity index (χ0) is 24.2. The average molecular weight is 523 g/mol. The summed E-state index contributed by atoms with van der Waals surface area (Å²) in [4.78, 5) is 25.6. The highest BCUT2D eigenvalue weighted by molar-refractivity contribution is 9.10. The Hall–Kier alpha value is -3.12. The molecule has 0 aliphatic heterocycles. The van der Waals surface area contributed by atoms with Gasteiger partial charge in [-0.1, -0.05) is 68.7 Å². The Bertz CT molecular complexity index is 1090. The second kappa shape index (κ2) is 13.6. The number of benzene rings is 3. The molecule has 0 unspecified atom stereocenters. The van der Waals surface area contributed by atoms with Crippen molar-refractivity contribution in [3.8, 4) is 5.75 Å². The maximum Gasteiger partial charge on any atom is 0.255 e. The lowest BCUT2D eigenvalue weighted by atomic mass is 10.1. The maximum atomic E-state index is 12.9. The van der Waals surface area contributed by atoms with Crippen molar-refractivity contribution in [3.05, 3.63) is 94.0 Å². The van der Waals surface area contributed by atoms with Crippen LogP contribution in [0.15, 0.2) is 77.3 Å². The van der Waals surface area contributed by atoms with Crippen molar-refractivity contribution in [2.24, 2.45) is 0 Å². The zero-order valence-corrected chi connectivity index (χ0v) is 21.1. The summed E-state index contributed by atoms with van der Waals surface area (Å²) >= 11 is 3.50. The Balaban J connectivity index is 1.58. The Labute approximate surface area is 210 Å². The lowest BCUT2D eigenvalue weighted by Gasteiger charge is -2.13. The van der Waals surface area contributed by atoms with Gasteiger partial charge in [-0.3, -0.25) is 9.59 Å². The van der Waals surface area contributed by atoms with Crippen molar-refractivity contribution in [2.45, 2.75) is 39.0 Å². The molecule has 178 valence electrons. The standard InChI is InChI=1S/C28H31BrN2O3/c1-2-3-4-10-19-34-26-16-15-22(20-24(26)29)27(32)31-25-14-9-8-13-23(25)28(33)30-18-17-21-11-6-5-7-12-21/h5-9,11-16,20H,2-4,10,17-19H2,1H3,(H,30,33)(H,31,32). The molecule has 0 aromatic heterocycles. The Morgan fingerprint density at radius 3 is 2.41 bits per heavy atom. The number of hydrogen-bond acceptors (Lipinski definition) is 3. The van der Waals surface area contributed by atoms with Crippen LogP contribution < -0.4 is 15.4 Å². The molecule has 0 aliphatic carbocycles. The highest BCUT2D eigenvalue weighted by Gasteiger charge is 2.15. The van der Waals surface area contributed by atoms with Crippen LogP contribution >= 0.6 is 15.9 Å². The summed E-state index contributed by atoms with van der Waals surface area (Å²) in [7, 11) is 0. The molecule has 2 amide bonds. The number of unbranched alkanes of at least 4 members (excludes halogenated alkanes) is 3. The Morgan fingerprint density at radius 1 is 0.882 bits per heavy atom. The van der Waals surface area contributed by atoms with Crippen LogP contribution in [-0.2, 0) is 6.42 Å². The summed E-state index contributed by atoms with van der Waals surface area (Å²) in [5.41, 5.74) is 2.53. The Kier molecular flexibility index (Phi) is 10.2. The molecule has 0 fully saturated rings. The molecule has 0 atom stereocenters. The predicted octanol–water partition coefficient (Wildman–Crippen LogP) is 6.63. The fourth-order valence-electron chi connectivity index (χ4n) is 3.51. The smallest absolute Gasteiger partial charge is 0.255 e. The third-order valence-electron chi connectivity index (χ3n) is 5.41. The van der Waals surface area contributed by atoms with E-state index in [0.29, 0.717) is 35.7 Å². The maximum absolute atomic E-state index is 12.9. The number of carbonyl (C=O) groups excluding carboxylic acids is 2. The first-order valence-electron chi connectivity index (χ1n) is 11.7. The van der Waals surface area contributed by atoms with Crippen molar-refractivity contribution in [3.63, 3.8) is 0 Å². The molecule has 0 aliphatic rings. The van der Waals surface area contributed by atoms with Gasteiger partial charge in [0.1, 0.15) is 5.75 Å². The van der Waals surface area contributed by atoms with Gasteiger partial charge in [0.15, 0.2) is 0 Å². The highest BCUT2D eigenvalue weighted by Crippen LogP contribution is 2.27. The number of carbonyl (C=O) groups is 2. The van der Waals surface area contributed by atoms with E-state index >= 15 is 0 Å². The van der Waals surface area contributed by atoms with Gasteiger partial charge in [-0.25, -0.2) is 0 Å². The van der Waals surface area contributed by atoms with Crippen molar-refractivity contribution in [2.75, 3.05) is 18.5 Å². The molecule has 34 heavy (non-hydrogen) atoms. The summed E-state index contributed by atoms with van der Waals surface area (Å²) in [5, 5.41) is 5.80. The van der Waals surface area contributed by atoms with Crippen molar-refractivity contribution >= 4 is 33.4 Å². The molecule has 0 saturated heterocycles. The van der Waals surface area contributed by atoms with Crippen LogP contribution in [0, 0.1) is 0 Å². The van der Waals surface area contributed by atoms with Crippen LogP contribution in [0.2, 0.25) is 0 Å². The summed E-state index contributed by atoms with van der Waals surface area (Å²) < 4.78 is 6.55. The minimum atomic E-state index is -0.292. The number of para-hydroxylation sites is 1. The quantitative estimate of drug-likeness (QED) is 0.262. The number of rotatable bonds is 12. The van der Waals surface area contributed by atoms with Gasteiger partial charge in [0, 0.05) is 12.1 Å². The molecular formula is C28H31BrN2O3. The first-order chi connectivity index (χ1) is 16.6. The molecule has 2 N–H and O–H groups in total. The predicted molar refractivity (Wildman–Crippen MR) is 141 cm³/mol. The molecule has 5 nitrogen and oxygen atoms in total. The van der Waals surface area contributed by atoms with E-state index in [2.05, 4.69) is 33.5 Å². The summed E-state index contributed by atoms with van der Waals surface area (Å²) in [6.45, 7) is 3.34. The van der Waals surface area contributed by atoms with Gasteiger partial charge in [0.25, 0.3) is 11.8 Å². The van der Waals surface area contributed by atoms with E-state index in [1.54, 1.807) is 42.5 Å². The van der Waals surface area contributed by atoms with Crippen LogP contribution in [0.5, 0.6) is 5.75 Å². The number of hydrogen-bond donors (Lipinski definition) is 2. The number of amides is 2. The van der Waals surface area contributed by atoms with E-state index in [1.807, 2.05) is 30.3 Å². The molecule has 0 heterocycles. The van der Waals surface area contributed by atoms with Gasteiger partial charge in [0.05, 0.1) is 22.3 Å². The lowest BCUT2D eigenvalue weighted by molar-refractivity contribution is 0.0955. The number of ether oxygens (including phenoxy) is 1. The number of halogens is 1. The average Bonchev–Trinajstić information content (AvgIpc) is 2.85. The van der Waals surface area contributed by atoms with Crippen LogP contribution in [0.25, 0.3) is 0 Å². The highest BCUT2D eigenvalue weighted by atomic mass is 79.9. The van der Waals surface area contributed by atoms with Gasteiger partial charge >= 0.3 is 0 Å². The van der Waals surface area contributed by atoms with Crippen LogP contribution in [-0.4, -0.2) is 25.0 Å². The van der Waals surface area contributed by atoms with Gasteiger partial charge in [-0.15, -0.1) is 0 Å². The largest absolute Gasteiger partial charge is 0.492 e. The SMILES string of the molecule is CCCCCCOc1ccc(C(=O)Nc2ccccc2C(=O)NCCc2ccccc2)cc1Br. The fourth-order valence-corrected chi connectivity index (χ4v) is 4.01. The van der Waals surface area contributed by atoms with E-state index < -0.39 is 0 Å². The second-order valence-electron chi connectivity index (χ2n) is 8.05. The van der Waals surface area contributed by atoms with Gasteiger partial charge < -0.3 is 15.4 Å². The molecule has 3 aromatic carbocycles. The van der Waals surface area contributed by atoms with Crippen molar-refractivity contribution in [1.82, 2.24) is 5.32 Å². The monoisotopic (exact) mass is 522 g/mol. The summed E-state index contributed by atoms with van der Waals surface area (Å²) in [5.74, 6) is 0.200. The number of nitrogens with one attached hydrogen (secondary N) is 2. The van der Waals surface area contributed by atoms with Crippen molar-refractivity contribution < 1.29 is 14.3 Å². The molecule has 0 bridgehead atoms. The van der Waals surface area contributed by atoms with E-state index in [9.17, 15) is 9.59 Å². The Morgan fingerprint density at radius 2 is 1.65 bits per heavy atom. The zero-order valence-electron chi connectivity index (χ0n) is 19.5.